The van der Waals surface area contributed by atoms with Crippen LogP contribution in [0.4, 0.5) is 0 Å². The molecule has 1 heterocycles. The van der Waals surface area contributed by atoms with Crippen molar-refractivity contribution in [2.45, 2.75) is 90.3 Å². The third kappa shape index (κ3) is 8.17. The van der Waals surface area contributed by atoms with Gasteiger partial charge >= 0.3 is 11.8 Å². The first kappa shape index (κ1) is 29.8. The lowest BCUT2D eigenvalue weighted by Crippen LogP contribution is -2.63. The van der Waals surface area contributed by atoms with Crippen molar-refractivity contribution >= 4 is 22.6 Å². The Balaban J connectivity index is 1.51. The molecule has 0 aromatic heterocycles. The van der Waals surface area contributed by atoms with Crippen LogP contribution in [0.2, 0.25) is 0 Å². The Kier molecular flexibility index (Phi) is 11.6. The Hall–Kier alpha value is -3.18. The second kappa shape index (κ2) is 15.6. The van der Waals surface area contributed by atoms with Gasteiger partial charge in [0.1, 0.15) is 0 Å². The molecule has 1 fully saturated rings. The van der Waals surface area contributed by atoms with E-state index < -0.39 is 0 Å². The highest BCUT2D eigenvalue weighted by Gasteiger charge is 2.41. The highest BCUT2D eigenvalue weighted by atomic mass is 16.2. The lowest BCUT2D eigenvalue weighted by atomic mass is 9.96. The van der Waals surface area contributed by atoms with Gasteiger partial charge in [-0.1, -0.05) is 125 Å². The van der Waals surface area contributed by atoms with E-state index >= 15 is 0 Å². The van der Waals surface area contributed by atoms with Crippen LogP contribution < -0.4 is 5.32 Å². The number of hydrogen-bond acceptors (Lipinski definition) is 3. The number of carbonyl (C=O) groups is 2. The summed E-state index contributed by atoms with van der Waals surface area (Å²) in [5.74, 6) is -0.650. The molecule has 0 saturated carbocycles. The molecule has 2 atom stereocenters. The summed E-state index contributed by atoms with van der Waals surface area (Å²) in [5.41, 5.74) is 2.44. The Morgan fingerprint density at radius 3 is 2.27 bits per heavy atom. The van der Waals surface area contributed by atoms with Crippen LogP contribution in [0, 0.1) is 0 Å². The van der Waals surface area contributed by atoms with Crippen molar-refractivity contribution in [3.05, 3.63) is 83.9 Å². The second-order valence-electron chi connectivity index (χ2n) is 11.3. The van der Waals surface area contributed by atoms with Crippen LogP contribution in [0.5, 0.6) is 0 Å². The minimum Gasteiger partial charge on any atom is -0.329 e. The largest absolute Gasteiger partial charge is 0.329 e. The standard InChI is InChI=1S/C35H47N3O2/c1-3-5-7-8-14-22-37-33(24-29-20-21-30-17-12-13-18-31(30)23-29)27-38(35(40)34(37)39)32(19-6-4-2)26-36-25-28-15-10-9-11-16-28/h9-13,15-18,20-21,23,32-33,36H,3-8,14,19,22,24-27H2,1-2H3/t32-,33+/m1/s1. The maximum atomic E-state index is 13.7. The number of fused-ring (bicyclic) bond motifs is 1. The van der Waals surface area contributed by atoms with Gasteiger partial charge in [0.15, 0.2) is 0 Å². The van der Waals surface area contributed by atoms with E-state index in [2.05, 4.69) is 73.8 Å². The number of hydrogen-bond donors (Lipinski definition) is 1. The van der Waals surface area contributed by atoms with E-state index in [0.29, 0.717) is 19.6 Å². The normalized spacial score (nSPS) is 16.6. The average molecular weight is 542 g/mol. The average Bonchev–Trinajstić information content (AvgIpc) is 2.98. The third-order valence-corrected chi connectivity index (χ3v) is 8.22. The van der Waals surface area contributed by atoms with Crippen molar-refractivity contribution in [1.82, 2.24) is 15.1 Å². The molecule has 4 rings (SSSR count). The molecular formula is C35H47N3O2. The van der Waals surface area contributed by atoms with E-state index in [1.165, 1.54) is 41.2 Å². The highest BCUT2D eigenvalue weighted by Crippen LogP contribution is 2.24. The van der Waals surface area contributed by atoms with E-state index in [9.17, 15) is 9.59 Å². The van der Waals surface area contributed by atoms with Gasteiger partial charge in [0.2, 0.25) is 0 Å². The summed E-state index contributed by atoms with van der Waals surface area (Å²) in [6, 6.07) is 25.3. The van der Waals surface area contributed by atoms with Crippen molar-refractivity contribution in [1.29, 1.82) is 0 Å². The molecule has 5 heteroatoms. The summed E-state index contributed by atoms with van der Waals surface area (Å²) >= 11 is 0. The van der Waals surface area contributed by atoms with Gasteiger partial charge in [-0.2, -0.15) is 0 Å². The lowest BCUT2D eigenvalue weighted by Gasteiger charge is -2.44. The number of nitrogens with zero attached hydrogens (tertiary/aromatic N) is 2. The Morgan fingerprint density at radius 1 is 0.775 bits per heavy atom. The number of benzene rings is 3. The van der Waals surface area contributed by atoms with Crippen molar-refractivity contribution in [3.8, 4) is 0 Å². The van der Waals surface area contributed by atoms with Crippen LogP contribution in [0.15, 0.2) is 72.8 Å². The SMILES string of the molecule is CCCCCCCN1C(=O)C(=O)N([C@H](CCCC)CNCc2ccccc2)C[C@@H]1Cc1ccc2ccccc2c1. The summed E-state index contributed by atoms with van der Waals surface area (Å²) in [6.07, 6.45) is 9.40. The van der Waals surface area contributed by atoms with Crippen molar-refractivity contribution in [2.75, 3.05) is 19.6 Å². The van der Waals surface area contributed by atoms with Crippen LogP contribution in [0.25, 0.3) is 10.8 Å². The van der Waals surface area contributed by atoms with Gasteiger partial charge in [0.25, 0.3) is 0 Å². The van der Waals surface area contributed by atoms with Crippen molar-refractivity contribution < 1.29 is 9.59 Å². The number of piperazine rings is 1. The topological polar surface area (TPSA) is 52.7 Å². The summed E-state index contributed by atoms with van der Waals surface area (Å²) in [5, 5.41) is 6.01. The van der Waals surface area contributed by atoms with E-state index in [4.69, 9.17) is 0 Å². The van der Waals surface area contributed by atoms with Crippen LogP contribution in [0.1, 0.15) is 76.3 Å². The summed E-state index contributed by atoms with van der Waals surface area (Å²) in [6.45, 7) is 7.09. The predicted molar refractivity (Wildman–Crippen MR) is 165 cm³/mol. The zero-order chi connectivity index (χ0) is 28.2. The number of carbonyl (C=O) groups excluding carboxylic acids is 2. The molecule has 5 nitrogen and oxygen atoms in total. The molecule has 1 aliphatic heterocycles. The molecule has 40 heavy (non-hydrogen) atoms. The zero-order valence-electron chi connectivity index (χ0n) is 24.5. The number of rotatable bonds is 16. The first-order valence-electron chi connectivity index (χ1n) is 15.4. The maximum Gasteiger partial charge on any atom is 0.312 e. The maximum absolute atomic E-state index is 13.7. The predicted octanol–water partition coefficient (Wildman–Crippen LogP) is 6.74. The Morgan fingerprint density at radius 2 is 1.50 bits per heavy atom. The lowest BCUT2D eigenvalue weighted by molar-refractivity contribution is -0.161. The first-order valence-corrected chi connectivity index (χ1v) is 15.4. The fourth-order valence-electron chi connectivity index (χ4n) is 5.90. The summed E-state index contributed by atoms with van der Waals surface area (Å²) in [4.78, 5) is 31.0. The van der Waals surface area contributed by atoms with Gasteiger partial charge in [0, 0.05) is 32.2 Å². The molecule has 3 aromatic carbocycles. The quantitative estimate of drug-likeness (QED) is 0.161. The third-order valence-electron chi connectivity index (χ3n) is 8.22. The molecule has 0 bridgehead atoms. The molecule has 1 aliphatic rings. The van der Waals surface area contributed by atoms with Crippen LogP contribution >= 0.6 is 0 Å². The monoisotopic (exact) mass is 541 g/mol. The summed E-state index contributed by atoms with van der Waals surface area (Å²) < 4.78 is 0. The molecule has 0 aliphatic carbocycles. The fraction of sp³-hybridized carbons (Fsp3) is 0.486. The number of amides is 2. The first-order chi connectivity index (χ1) is 19.6. The van der Waals surface area contributed by atoms with Gasteiger partial charge in [-0.25, -0.2) is 0 Å². The molecule has 1 saturated heterocycles. The molecule has 214 valence electrons. The molecule has 2 amide bonds. The minimum absolute atomic E-state index is 0.00548. The van der Waals surface area contributed by atoms with Crippen LogP contribution in [0.3, 0.4) is 0 Å². The van der Waals surface area contributed by atoms with Gasteiger partial charge in [-0.05, 0) is 41.2 Å². The molecule has 3 aromatic rings. The Bertz CT molecular complexity index is 1210. The van der Waals surface area contributed by atoms with Gasteiger partial charge < -0.3 is 15.1 Å². The zero-order valence-corrected chi connectivity index (χ0v) is 24.5. The Labute approximate surface area is 240 Å². The summed E-state index contributed by atoms with van der Waals surface area (Å²) in [7, 11) is 0. The molecule has 0 unspecified atom stereocenters. The van der Waals surface area contributed by atoms with Crippen LogP contribution in [-0.4, -0.2) is 53.3 Å². The van der Waals surface area contributed by atoms with E-state index in [-0.39, 0.29) is 23.9 Å². The number of unbranched alkanes of at least 4 members (excludes halogenated alkanes) is 5. The molecule has 0 spiro atoms. The van der Waals surface area contributed by atoms with Gasteiger partial charge in [0.05, 0.1) is 6.04 Å². The van der Waals surface area contributed by atoms with E-state index in [1.54, 1.807) is 0 Å². The smallest absolute Gasteiger partial charge is 0.312 e. The minimum atomic E-state index is -0.328. The van der Waals surface area contributed by atoms with Crippen molar-refractivity contribution in [2.24, 2.45) is 0 Å². The van der Waals surface area contributed by atoms with Crippen molar-refractivity contribution in [3.63, 3.8) is 0 Å². The van der Waals surface area contributed by atoms with Crippen LogP contribution in [-0.2, 0) is 22.6 Å². The fourth-order valence-corrected chi connectivity index (χ4v) is 5.90. The van der Waals surface area contributed by atoms with E-state index in [1.807, 2.05) is 28.0 Å². The van der Waals surface area contributed by atoms with Gasteiger partial charge in [-0.3, -0.25) is 9.59 Å². The molecular weight excluding hydrogens is 494 g/mol. The molecule has 1 N–H and O–H groups in total. The number of nitrogens with one attached hydrogen (secondary N) is 1. The molecule has 0 radical (unpaired) electrons. The van der Waals surface area contributed by atoms with E-state index in [0.717, 1.165) is 45.1 Å². The van der Waals surface area contributed by atoms with Gasteiger partial charge in [-0.15, -0.1) is 0 Å². The second-order valence-corrected chi connectivity index (χ2v) is 11.3. The highest BCUT2D eigenvalue weighted by molar-refractivity contribution is 6.35.